The fourth-order valence-electron chi connectivity index (χ4n) is 3.59. The van der Waals surface area contributed by atoms with Gasteiger partial charge in [0.1, 0.15) is 17.6 Å². The molecule has 30 heavy (non-hydrogen) atoms. The maximum Gasteiger partial charge on any atom is 0.243 e. The van der Waals surface area contributed by atoms with Gasteiger partial charge in [0.2, 0.25) is 5.91 Å². The highest BCUT2D eigenvalue weighted by molar-refractivity contribution is 6.42. The van der Waals surface area contributed by atoms with Crippen LogP contribution in [0.1, 0.15) is 36.5 Å². The number of benzene rings is 2. The third-order valence-electron chi connectivity index (χ3n) is 5.03. The zero-order valence-electron chi connectivity index (χ0n) is 16.4. The van der Waals surface area contributed by atoms with Crippen molar-refractivity contribution in [1.29, 1.82) is 0 Å². The molecule has 0 aliphatic rings. The van der Waals surface area contributed by atoms with Crippen LogP contribution in [0.25, 0.3) is 11.0 Å². The minimum absolute atomic E-state index is 0.0764. The van der Waals surface area contributed by atoms with Crippen molar-refractivity contribution in [2.45, 2.75) is 32.4 Å². The van der Waals surface area contributed by atoms with Gasteiger partial charge >= 0.3 is 0 Å². The lowest BCUT2D eigenvalue weighted by Gasteiger charge is -2.20. The quantitative estimate of drug-likeness (QED) is 0.394. The second-order valence-electron chi connectivity index (χ2n) is 7.03. The van der Waals surface area contributed by atoms with Crippen LogP contribution in [-0.4, -0.2) is 15.5 Å². The Morgan fingerprint density at radius 2 is 1.97 bits per heavy atom. The van der Waals surface area contributed by atoms with E-state index in [1.54, 1.807) is 18.4 Å². The summed E-state index contributed by atoms with van der Waals surface area (Å²) in [6, 6.07) is 16.6. The van der Waals surface area contributed by atoms with Gasteiger partial charge in [0.25, 0.3) is 0 Å². The number of hydrogen-bond acceptors (Lipinski definition) is 3. The first kappa shape index (κ1) is 20.5. The molecule has 0 bridgehead atoms. The summed E-state index contributed by atoms with van der Waals surface area (Å²) in [6.45, 7) is 2.34. The zero-order valence-corrected chi connectivity index (χ0v) is 18.0. The SMILES string of the molecule is CC[C@H](C(=O)NCc1ccco1)n1c(Cc2ccc(Cl)c(Cl)c2)nc2ccccc21. The summed E-state index contributed by atoms with van der Waals surface area (Å²) in [6.07, 6.45) is 2.75. The Balaban J connectivity index is 1.68. The lowest BCUT2D eigenvalue weighted by atomic mass is 10.1. The number of aromatic nitrogens is 2. The van der Waals surface area contributed by atoms with Crippen LogP contribution in [0.3, 0.4) is 0 Å². The van der Waals surface area contributed by atoms with Gasteiger partial charge in [-0.3, -0.25) is 4.79 Å². The van der Waals surface area contributed by atoms with Crippen LogP contribution in [0.15, 0.2) is 65.3 Å². The van der Waals surface area contributed by atoms with E-state index in [0.29, 0.717) is 35.2 Å². The van der Waals surface area contributed by atoms with Crippen molar-refractivity contribution < 1.29 is 9.21 Å². The number of nitrogens with zero attached hydrogens (tertiary/aromatic N) is 2. The molecule has 0 radical (unpaired) electrons. The van der Waals surface area contributed by atoms with E-state index in [0.717, 1.165) is 22.4 Å². The Morgan fingerprint density at radius 3 is 2.70 bits per heavy atom. The largest absolute Gasteiger partial charge is 0.467 e. The van der Waals surface area contributed by atoms with Gasteiger partial charge in [-0.1, -0.05) is 48.3 Å². The molecule has 7 heteroatoms. The Kier molecular flexibility index (Phi) is 6.11. The highest BCUT2D eigenvalue weighted by atomic mass is 35.5. The lowest BCUT2D eigenvalue weighted by molar-refractivity contribution is -0.124. The number of hydrogen-bond donors (Lipinski definition) is 1. The van der Waals surface area contributed by atoms with Gasteiger partial charge in [0.15, 0.2) is 0 Å². The highest BCUT2D eigenvalue weighted by Gasteiger charge is 2.24. The van der Waals surface area contributed by atoms with Crippen LogP contribution >= 0.6 is 23.2 Å². The van der Waals surface area contributed by atoms with E-state index < -0.39 is 6.04 Å². The Morgan fingerprint density at radius 1 is 1.13 bits per heavy atom. The number of imidazole rings is 1. The summed E-state index contributed by atoms with van der Waals surface area (Å²) in [5.41, 5.74) is 2.75. The van der Waals surface area contributed by atoms with E-state index >= 15 is 0 Å². The topological polar surface area (TPSA) is 60.1 Å². The Bertz CT molecular complexity index is 1170. The van der Waals surface area contributed by atoms with Gasteiger partial charge in [-0.2, -0.15) is 0 Å². The number of carbonyl (C=O) groups is 1. The molecule has 1 amide bonds. The number of nitrogens with one attached hydrogen (secondary N) is 1. The number of furan rings is 1. The molecule has 154 valence electrons. The van der Waals surface area contributed by atoms with E-state index in [9.17, 15) is 4.79 Å². The number of fused-ring (bicyclic) bond motifs is 1. The van der Waals surface area contributed by atoms with Crippen LogP contribution in [-0.2, 0) is 17.8 Å². The summed E-state index contributed by atoms with van der Waals surface area (Å²) in [4.78, 5) is 17.9. The minimum Gasteiger partial charge on any atom is -0.467 e. The number of para-hydroxylation sites is 2. The third-order valence-corrected chi connectivity index (χ3v) is 5.77. The normalized spacial score (nSPS) is 12.2. The predicted molar refractivity (Wildman–Crippen MR) is 119 cm³/mol. The maximum absolute atomic E-state index is 13.1. The zero-order chi connectivity index (χ0) is 21.1. The molecule has 2 aromatic carbocycles. The second-order valence-corrected chi connectivity index (χ2v) is 7.85. The Hall–Kier alpha value is -2.76. The minimum atomic E-state index is -0.398. The summed E-state index contributed by atoms with van der Waals surface area (Å²) < 4.78 is 7.35. The molecule has 4 rings (SSSR count). The van der Waals surface area contributed by atoms with Gasteiger partial charge in [-0.15, -0.1) is 0 Å². The van der Waals surface area contributed by atoms with Gasteiger partial charge in [-0.25, -0.2) is 4.98 Å². The molecule has 1 N–H and O–H groups in total. The van der Waals surface area contributed by atoms with E-state index in [-0.39, 0.29) is 5.91 Å². The molecular weight excluding hydrogens is 421 g/mol. The molecule has 5 nitrogen and oxygen atoms in total. The molecule has 0 spiro atoms. The van der Waals surface area contributed by atoms with Crippen molar-refractivity contribution in [2.24, 2.45) is 0 Å². The van der Waals surface area contributed by atoms with Crippen LogP contribution in [0.2, 0.25) is 10.0 Å². The van der Waals surface area contributed by atoms with E-state index in [1.165, 1.54) is 0 Å². The molecule has 0 aliphatic heterocycles. The van der Waals surface area contributed by atoms with Gasteiger partial charge in [0, 0.05) is 6.42 Å². The molecule has 2 heterocycles. The molecule has 0 saturated carbocycles. The number of carbonyl (C=O) groups excluding carboxylic acids is 1. The summed E-state index contributed by atoms with van der Waals surface area (Å²) in [5, 5.41) is 3.99. The van der Waals surface area contributed by atoms with Gasteiger partial charge < -0.3 is 14.3 Å². The lowest BCUT2D eigenvalue weighted by Crippen LogP contribution is -2.32. The average molecular weight is 442 g/mol. The fraction of sp³-hybridized carbons (Fsp3) is 0.217. The Labute approximate surface area is 184 Å². The average Bonchev–Trinajstić information content (AvgIpc) is 3.38. The van der Waals surface area contributed by atoms with Crippen LogP contribution in [0.4, 0.5) is 0 Å². The van der Waals surface area contributed by atoms with E-state index in [4.69, 9.17) is 32.6 Å². The summed E-state index contributed by atoms with van der Waals surface area (Å²) in [7, 11) is 0. The smallest absolute Gasteiger partial charge is 0.243 e. The molecule has 0 unspecified atom stereocenters. The molecule has 4 aromatic rings. The first-order valence-corrected chi connectivity index (χ1v) is 10.5. The van der Waals surface area contributed by atoms with E-state index in [2.05, 4.69) is 5.32 Å². The predicted octanol–water partition coefficient (Wildman–Crippen LogP) is 5.79. The van der Waals surface area contributed by atoms with Crippen LogP contribution in [0, 0.1) is 0 Å². The number of rotatable bonds is 7. The third kappa shape index (κ3) is 4.23. The van der Waals surface area contributed by atoms with E-state index in [1.807, 2.05) is 54.0 Å². The van der Waals surface area contributed by atoms with Crippen molar-refractivity contribution in [1.82, 2.24) is 14.9 Å². The molecule has 2 aromatic heterocycles. The fourth-order valence-corrected chi connectivity index (χ4v) is 3.91. The summed E-state index contributed by atoms with van der Waals surface area (Å²) in [5.74, 6) is 1.44. The van der Waals surface area contributed by atoms with Gasteiger partial charge in [0.05, 0.1) is 33.9 Å². The second kappa shape index (κ2) is 8.94. The monoisotopic (exact) mass is 441 g/mol. The highest BCUT2D eigenvalue weighted by Crippen LogP contribution is 2.28. The summed E-state index contributed by atoms with van der Waals surface area (Å²) >= 11 is 12.3. The molecule has 1 atom stereocenters. The first-order valence-electron chi connectivity index (χ1n) is 9.76. The maximum atomic E-state index is 13.1. The van der Waals surface area contributed by atoms with Crippen molar-refractivity contribution in [2.75, 3.05) is 0 Å². The van der Waals surface area contributed by atoms with Gasteiger partial charge in [-0.05, 0) is 48.4 Å². The van der Waals surface area contributed by atoms with Crippen molar-refractivity contribution in [3.8, 4) is 0 Å². The molecule has 0 saturated heterocycles. The molecule has 0 aliphatic carbocycles. The standard InChI is InChI=1S/C23H21Cl2N3O2/c1-2-20(23(29)26-14-16-6-5-11-30-16)28-21-8-4-3-7-19(21)27-22(28)13-15-9-10-17(24)18(25)12-15/h3-12,20H,2,13-14H2,1H3,(H,26,29)/t20-/m1/s1. The van der Waals surface area contributed by atoms with Crippen molar-refractivity contribution >= 4 is 40.1 Å². The molecule has 0 fully saturated rings. The van der Waals surface area contributed by atoms with Crippen LogP contribution < -0.4 is 5.32 Å². The number of halogens is 2. The molecular formula is C23H21Cl2N3O2. The number of amides is 1. The first-order chi connectivity index (χ1) is 14.6. The van der Waals surface area contributed by atoms with Crippen LogP contribution in [0.5, 0.6) is 0 Å². The van der Waals surface area contributed by atoms with Crippen molar-refractivity contribution in [3.63, 3.8) is 0 Å². The van der Waals surface area contributed by atoms with Crippen molar-refractivity contribution in [3.05, 3.63) is 88.1 Å².